The molecule has 1 aromatic heterocycles. The van der Waals surface area contributed by atoms with Gasteiger partial charge in [-0.25, -0.2) is 4.98 Å². The monoisotopic (exact) mass is 461 g/mol. The topological polar surface area (TPSA) is 85.9 Å². The van der Waals surface area contributed by atoms with Gasteiger partial charge in [0.2, 0.25) is 11.8 Å². The fraction of sp³-hybridized carbons (Fsp3) is 0.462. The van der Waals surface area contributed by atoms with Crippen molar-refractivity contribution in [1.82, 2.24) is 14.8 Å². The Morgan fingerprint density at radius 2 is 1.68 bits per heavy atom. The SMILES string of the molecule is O=C1CN(CC2CCC(C(=O)N3CCN(c4ccccn4)CC3)CC2)C(=O)c2ccccc2N1. The van der Waals surface area contributed by atoms with Gasteiger partial charge in [-0.3, -0.25) is 14.4 Å². The van der Waals surface area contributed by atoms with E-state index in [1.54, 1.807) is 23.2 Å². The minimum absolute atomic E-state index is 0.0570. The summed E-state index contributed by atoms with van der Waals surface area (Å²) >= 11 is 0. The summed E-state index contributed by atoms with van der Waals surface area (Å²) < 4.78 is 0. The molecule has 0 spiro atoms. The van der Waals surface area contributed by atoms with Crippen LogP contribution in [0.3, 0.4) is 0 Å². The minimum atomic E-state index is -0.160. The predicted molar refractivity (Wildman–Crippen MR) is 129 cm³/mol. The first-order chi connectivity index (χ1) is 16.6. The van der Waals surface area contributed by atoms with Crippen LogP contribution in [0, 0.1) is 11.8 Å². The number of carbonyl (C=O) groups excluding carboxylic acids is 3. The fourth-order valence-electron chi connectivity index (χ4n) is 5.39. The summed E-state index contributed by atoms with van der Waals surface area (Å²) in [6, 6.07) is 13.1. The van der Waals surface area contributed by atoms with Crippen molar-refractivity contribution in [3.8, 4) is 0 Å². The first-order valence-electron chi connectivity index (χ1n) is 12.2. The quantitative estimate of drug-likeness (QED) is 0.757. The number of nitrogens with one attached hydrogen (secondary N) is 1. The zero-order valence-electron chi connectivity index (χ0n) is 19.4. The van der Waals surface area contributed by atoms with Gasteiger partial charge in [0.05, 0.1) is 11.3 Å². The molecule has 8 nitrogen and oxygen atoms in total. The third-order valence-electron chi connectivity index (χ3n) is 7.29. The van der Waals surface area contributed by atoms with E-state index in [1.165, 1.54) is 0 Å². The van der Waals surface area contributed by atoms with E-state index < -0.39 is 0 Å². The van der Waals surface area contributed by atoms with Crippen LogP contribution in [0.2, 0.25) is 0 Å². The molecule has 1 saturated carbocycles. The largest absolute Gasteiger partial charge is 0.353 e. The average Bonchev–Trinajstić information content (AvgIpc) is 3.00. The number of pyridine rings is 1. The number of para-hydroxylation sites is 1. The van der Waals surface area contributed by atoms with Crippen molar-refractivity contribution in [1.29, 1.82) is 0 Å². The first-order valence-corrected chi connectivity index (χ1v) is 12.2. The summed E-state index contributed by atoms with van der Waals surface area (Å²) in [5.74, 6) is 1.34. The molecule has 3 amide bonds. The third-order valence-corrected chi connectivity index (χ3v) is 7.29. The molecular weight excluding hydrogens is 430 g/mol. The Hall–Kier alpha value is -3.42. The standard InChI is InChI=1S/C26H31N5O3/c32-24-18-31(26(34)21-5-1-2-6-22(21)28-24)17-19-8-10-20(11-9-19)25(33)30-15-13-29(14-16-30)23-7-3-4-12-27-23/h1-7,12,19-20H,8-11,13-18H2,(H,28,32). The molecule has 0 atom stereocenters. The zero-order chi connectivity index (χ0) is 23.5. The molecule has 2 aromatic rings. The van der Waals surface area contributed by atoms with Crippen molar-refractivity contribution in [2.24, 2.45) is 11.8 Å². The van der Waals surface area contributed by atoms with Crippen molar-refractivity contribution >= 4 is 29.2 Å². The summed E-state index contributed by atoms with van der Waals surface area (Å²) in [5, 5.41) is 2.83. The summed E-state index contributed by atoms with van der Waals surface area (Å²) in [4.78, 5) is 48.8. The van der Waals surface area contributed by atoms with Crippen molar-refractivity contribution in [3.63, 3.8) is 0 Å². The lowest BCUT2D eigenvalue weighted by Gasteiger charge is -2.38. The Labute approximate surface area is 199 Å². The van der Waals surface area contributed by atoms with Crippen LogP contribution in [0.1, 0.15) is 36.0 Å². The summed E-state index contributed by atoms with van der Waals surface area (Å²) in [6.07, 6.45) is 5.29. The van der Waals surface area contributed by atoms with E-state index in [4.69, 9.17) is 0 Å². The van der Waals surface area contributed by atoms with Crippen LogP contribution in [-0.4, -0.2) is 71.8 Å². The number of carbonyl (C=O) groups is 3. The number of hydrogen-bond acceptors (Lipinski definition) is 5. The minimum Gasteiger partial charge on any atom is -0.353 e. The second-order valence-electron chi connectivity index (χ2n) is 9.50. The van der Waals surface area contributed by atoms with Gasteiger partial charge < -0.3 is 20.0 Å². The lowest BCUT2D eigenvalue weighted by molar-refractivity contribution is -0.137. The number of aromatic nitrogens is 1. The van der Waals surface area contributed by atoms with Crippen LogP contribution < -0.4 is 10.2 Å². The Kier molecular flexibility index (Phi) is 6.47. The molecule has 3 heterocycles. The smallest absolute Gasteiger partial charge is 0.256 e. The van der Waals surface area contributed by atoms with E-state index >= 15 is 0 Å². The Morgan fingerprint density at radius 3 is 2.41 bits per heavy atom. The van der Waals surface area contributed by atoms with Crippen molar-refractivity contribution in [2.45, 2.75) is 25.7 Å². The highest BCUT2D eigenvalue weighted by molar-refractivity contribution is 6.08. The molecule has 0 radical (unpaired) electrons. The highest BCUT2D eigenvalue weighted by Crippen LogP contribution is 2.32. The molecule has 2 fully saturated rings. The first kappa shape index (κ1) is 22.4. The number of amides is 3. The molecule has 34 heavy (non-hydrogen) atoms. The molecule has 1 saturated heterocycles. The fourth-order valence-corrected chi connectivity index (χ4v) is 5.39. The maximum absolute atomic E-state index is 13.1. The van der Waals surface area contributed by atoms with E-state index in [2.05, 4.69) is 15.2 Å². The molecule has 178 valence electrons. The van der Waals surface area contributed by atoms with Gasteiger partial charge >= 0.3 is 0 Å². The lowest BCUT2D eigenvalue weighted by atomic mass is 9.81. The molecular formula is C26H31N5O3. The molecule has 2 aliphatic heterocycles. The summed E-state index contributed by atoms with van der Waals surface area (Å²) in [7, 11) is 0. The molecule has 0 unspecified atom stereocenters. The number of nitrogens with zero attached hydrogens (tertiary/aromatic N) is 4. The number of hydrogen-bond donors (Lipinski definition) is 1. The summed E-state index contributed by atoms with van der Waals surface area (Å²) in [6.45, 7) is 3.70. The van der Waals surface area contributed by atoms with Crippen molar-refractivity contribution < 1.29 is 14.4 Å². The Morgan fingerprint density at radius 1 is 0.941 bits per heavy atom. The highest BCUT2D eigenvalue weighted by Gasteiger charge is 2.33. The number of rotatable bonds is 4. The number of fused-ring (bicyclic) bond motifs is 1. The van der Waals surface area contributed by atoms with Crippen LogP contribution >= 0.6 is 0 Å². The van der Waals surface area contributed by atoms with Gasteiger partial charge in [0.15, 0.2) is 0 Å². The third kappa shape index (κ3) is 4.76. The normalized spacial score (nSPS) is 23.2. The summed E-state index contributed by atoms with van der Waals surface area (Å²) in [5.41, 5.74) is 1.12. The van der Waals surface area contributed by atoms with E-state index in [0.717, 1.165) is 57.7 Å². The number of piperazine rings is 1. The number of anilines is 2. The van der Waals surface area contributed by atoms with Gasteiger partial charge in [-0.05, 0) is 55.9 Å². The van der Waals surface area contributed by atoms with E-state index in [9.17, 15) is 14.4 Å². The number of benzene rings is 1. The predicted octanol–water partition coefficient (Wildman–Crippen LogP) is 2.63. The Bertz CT molecular complexity index is 1040. The molecule has 1 N–H and O–H groups in total. The van der Waals surface area contributed by atoms with Crippen LogP contribution in [0.4, 0.5) is 11.5 Å². The lowest BCUT2D eigenvalue weighted by Crippen LogP contribution is -2.51. The maximum Gasteiger partial charge on any atom is 0.256 e. The van der Waals surface area contributed by atoms with Gasteiger partial charge in [-0.1, -0.05) is 18.2 Å². The molecule has 1 aliphatic carbocycles. The van der Waals surface area contributed by atoms with Crippen molar-refractivity contribution in [3.05, 3.63) is 54.2 Å². The van der Waals surface area contributed by atoms with E-state index in [0.29, 0.717) is 23.7 Å². The zero-order valence-corrected chi connectivity index (χ0v) is 19.4. The van der Waals surface area contributed by atoms with Crippen LogP contribution in [0.15, 0.2) is 48.7 Å². The molecule has 8 heteroatoms. The second-order valence-corrected chi connectivity index (χ2v) is 9.50. The maximum atomic E-state index is 13.1. The van der Waals surface area contributed by atoms with Gasteiger partial charge in [0.1, 0.15) is 12.4 Å². The van der Waals surface area contributed by atoms with Crippen molar-refractivity contribution in [2.75, 3.05) is 49.5 Å². The van der Waals surface area contributed by atoms with Gasteiger partial charge in [0, 0.05) is 44.8 Å². The average molecular weight is 462 g/mol. The molecule has 5 rings (SSSR count). The Balaban J connectivity index is 1.12. The second kappa shape index (κ2) is 9.83. The van der Waals surface area contributed by atoms with Crippen LogP contribution in [0.5, 0.6) is 0 Å². The van der Waals surface area contributed by atoms with Crippen LogP contribution in [0.25, 0.3) is 0 Å². The van der Waals surface area contributed by atoms with Gasteiger partial charge in [-0.2, -0.15) is 0 Å². The van der Waals surface area contributed by atoms with E-state index in [1.807, 2.05) is 35.2 Å². The molecule has 3 aliphatic rings. The van der Waals surface area contributed by atoms with Gasteiger partial charge in [0.25, 0.3) is 5.91 Å². The molecule has 1 aromatic carbocycles. The van der Waals surface area contributed by atoms with Gasteiger partial charge in [-0.15, -0.1) is 0 Å². The van der Waals surface area contributed by atoms with E-state index in [-0.39, 0.29) is 30.2 Å². The van der Waals surface area contributed by atoms with Crippen LogP contribution in [-0.2, 0) is 9.59 Å². The highest BCUT2D eigenvalue weighted by atomic mass is 16.2. The molecule has 0 bridgehead atoms.